The van der Waals surface area contributed by atoms with Gasteiger partial charge in [0.1, 0.15) is 12.1 Å². The fourth-order valence-corrected chi connectivity index (χ4v) is 6.11. The molecule has 3 fully saturated rings. The first-order valence-electron chi connectivity index (χ1n) is 13.7. The first kappa shape index (κ1) is 25.8. The number of benzene rings is 1. The molecule has 1 aliphatic carbocycles. The second-order valence-electron chi connectivity index (χ2n) is 11.1. The molecule has 1 atom stereocenters. The van der Waals surface area contributed by atoms with Gasteiger partial charge in [0.05, 0.1) is 17.0 Å². The summed E-state index contributed by atoms with van der Waals surface area (Å²) in [4.78, 5) is 38.8. The Morgan fingerprint density at radius 2 is 1.76 bits per heavy atom. The molecular formula is C29H38FN5O2. The number of aryl methyl sites for hydroxylation is 2. The summed E-state index contributed by atoms with van der Waals surface area (Å²) in [6.07, 6.45) is 9.04. The molecule has 0 bridgehead atoms. The minimum atomic E-state index is -0.243. The number of halogens is 1. The third kappa shape index (κ3) is 5.69. The summed E-state index contributed by atoms with van der Waals surface area (Å²) in [5, 5.41) is 3.83. The highest BCUT2D eigenvalue weighted by Gasteiger charge is 2.40. The molecule has 2 saturated heterocycles. The summed E-state index contributed by atoms with van der Waals surface area (Å²) in [7, 11) is 0. The molecule has 37 heavy (non-hydrogen) atoms. The lowest BCUT2D eigenvalue weighted by atomic mass is 9.80. The molecule has 2 aromatic rings. The quantitative estimate of drug-likeness (QED) is 0.657. The lowest BCUT2D eigenvalue weighted by molar-refractivity contribution is -0.136. The van der Waals surface area contributed by atoms with Crippen LogP contribution < -0.4 is 5.32 Å². The highest BCUT2D eigenvalue weighted by molar-refractivity contribution is 5.96. The number of amides is 2. The molecule has 0 radical (unpaired) electrons. The Labute approximate surface area is 218 Å². The standard InChI is InChI=1S/C29H38FN5O2/c1-20-26(21(2)32-19-31-20)28(37)34-16-13-29(14-17-34)12-5-7-24(11-15-33-29)35(27(36)22-9-10-22)18-23-6-3-4-8-25(23)30/h3-4,6,8,19,22,24,33H,5,7,9-18H2,1-2H3. The number of piperidine rings is 1. The molecule has 8 heteroatoms. The highest BCUT2D eigenvalue weighted by atomic mass is 19.1. The van der Waals surface area contributed by atoms with Gasteiger partial charge < -0.3 is 15.1 Å². The van der Waals surface area contributed by atoms with E-state index < -0.39 is 0 Å². The molecule has 1 N–H and O–H groups in total. The van der Waals surface area contributed by atoms with E-state index >= 15 is 0 Å². The number of nitrogens with zero attached hydrogens (tertiary/aromatic N) is 4. The number of carbonyl (C=O) groups excluding carboxylic acids is 2. The van der Waals surface area contributed by atoms with Crippen LogP contribution in [-0.2, 0) is 11.3 Å². The number of nitrogens with one attached hydrogen (secondary N) is 1. The van der Waals surface area contributed by atoms with E-state index in [1.807, 2.05) is 29.7 Å². The van der Waals surface area contributed by atoms with E-state index in [1.54, 1.807) is 12.1 Å². The number of hydrogen-bond donors (Lipinski definition) is 1. The van der Waals surface area contributed by atoms with Crippen LogP contribution in [0.1, 0.15) is 78.7 Å². The summed E-state index contributed by atoms with van der Waals surface area (Å²) in [5.74, 6) is 0.0815. The zero-order valence-electron chi connectivity index (χ0n) is 22.0. The van der Waals surface area contributed by atoms with Crippen molar-refractivity contribution in [1.82, 2.24) is 25.1 Å². The van der Waals surface area contributed by atoms with Gasteiger partial charge >= 0.3 is 0 Å². The lowest BCUT2D eigenvalue weighted by Crippen LogP contribution is -2.56. The number of aromatic nitrogens is 2. The van der Waals surface area contributed by atoms with E-state index in [0.29, 0.717) is 30.8 Å². The third-order valence-corrected chi connectivity index (χ3v) is 8.57. The van der Waals surface area contributed by atoms with Crippen LogP contribution in [-0.4, -0.2) is 62.8 Å². The lowest BCUT2D eigenvalue weighted by Gasteiger charge is -2.45. The average molecular weight is 508 g/mol. The van der Waals surface area contributed by atoms with Crippen LogP contribution in [0.15, 0.2) is 30.6 Å². The van der Waals surface area contributed by atoms with Crippen molar-refractivity contribution in [1.29, 1.82) is 0 Å². The van der Waals surface area contributed by atoms with Crippen LogP contribution in [0.2, 0.25) is 0 Å². The maximum absolute atomic E-state index is 14.4. The van der Waals surface area contributed by atoms with Gasteiger partial charge in [0.2, 0.25) is 5.91 Å². The molecule has 198 valence electrons. The average Bonchev–Trinajstić information content (AvgIpc) is 3.72. The van der Waals surface area contributed by atoms with Crippen LogP contribution in [0.3, 0.4) is 0 Å². The Bertz CT molecular complexity index is 1110. The summed E-state index contributed by atoms with van der Waals surface area (Å²) in [5.41, 5.74) is 2.70. The molecule has 1 unspecified atom stereocenters. The normalized spacial score (nSPS) is 21.8. The molecule has 5 rings (SSSR count). The number of carbonyl (C=O) groups is 2. The van der Waals surface area contributed by atoms with E-state index in [4.69, 9.17) is 0 Å². The predicted molar refractivity (Wildman–Crippen MR) is 139 cm³/mol. The summed E-state index contributed by atoms with van der Waals surface area (Å²) in [6.45, 7) is 6.31. The van der Waals surface area contributed by atoms with Gasteiger partial charge in [0, 0.05) is 42.7 Å². The zero-order chi connectivity index (χ0) is 26.0. The van der Waals surface area contributed by atoms with Crippen molar-refractivity contribution in [2.75, 3.05) is 19.6 Å². The van der Waals surface area contributed by atoms with Gasteiger partial charge in [-0.15, -0.1) is 0 Å². The van der Waals surface area contributed by atoms with E-state index in [-0.39, 0.29) is 35.1 Å². The zero-order valence-corrected chi connectivity index (χ0v) is 22.0. The Kier molecular flexibility index (Phi) is 7.56. The summed E-state index contributed by atoms with van der Waals surface area (Å²) < 4.78 is 14.4. The molecule has 1 aromatic heterocycles. The van der Waals surface area contributed by atoms with Gasteiger partial charge in [-0.1, -0.05) is 18.2 Å². The van der Waals surface area contributed by atoms with Crippen molar-refractivity contribution in [3.8, 4) is 0 Å². The maximum atomic E-state index is 14.4. The number of hydrogen-bond acceptors (Lipinski definition) is 5. The molecule has 1 aromatic carbocycles. The van der Waals surface area contributed by atoms with Gasteiger partial charge in [0.15, 0.2) is 0 Å². The molecule has 1 spiro atoms. The van der Waals surface area contributed by atoms with Gasteiger partial charge in [-0.05, 0) is 77.8 Å². The molecule has 7 nitrogen and oxygen atoms in total. The SMILES string of the molecule is Cc1ncnc(C)c1C(=O)N1CCC2(CCCC(N(Cc3ccccc3F)C(=O)C3CC3)CCN2)CC1. The van der Waals surface area contributed by atoms with Crippen molar-refractivity contribution >= 4 is 11.8 Å². The Morgan fingerprint density at radius 3 is 2.43 bits per heavy atom. The Balaban J connectivity index is 1.21. The minimum absolute atomic E-state index is 0.0237. The second kappa shape index (κ2) is 10.9. The molecule has 3 heterocycles. The van der Waals surface area contributed by atoms with Crippen LogP contribution in [0.4, 0.5) is 4.39 Å². The smallest absolute Gasteiger partial charge is 0.257 e. The van der Waals surface area contributed by atoms with Crippen LogP contribution in [0.25, 0.3) is 0 Å². The van der Waals surface area contributed by atoms with Crippen molar-refractivity contribution in [2.24, 2.45) is 5.92 Å². The summed E-state index contributed by atoms with van der Waals surface area (Å²) in [6, 6.07) is 6.91. The van der Waals surface area contributed by atoms with Crippen LogP contribution in [0.5, 0.6) is 0 Å². The van der Waals surface area contributed by atoms with Gasteiger partial charge in [0.25, 0.3) is 5.91 Å². The fraction of sp³-hybridized carbons (Fsp3) is 0.586. The van der Waals surface area contributed by atoms with Crippen LogP contribution in [0, 0.1) is 25.6 Å². The minimum Gasteiger partial charge on any atom is -0.338 e. The van der Waals surface area contributed by atoms with Crippen LogP contribution >= 0.6 is 0 Å². The van der Waals surface area contributed by atoms with Gasteiger partial charge in [-0.25, -0.2) is 14.4 Å². The fourth-order valence-electron chi connectivity index (χ4n) is 6.11. The Morgan fingerprint density at radius 1 is 1.05 bits per heavy atom. The van der Waals surface area contributed by atoms with E-state index in [2.05, 4.69) is 15.3 Å². The monoisotopic (exact) mass is 507 g/mol. The largest absolute Gasteiger partial charge is 0.338 e. The molecule has 2 aliphatic heterocycles. The third-order valence-electron chi connectivity index (χ3n) is 8.57. The van der Waals surface area contributed by atoms with Gasteiger partial charge in [-0.3, -0.25) is 9.59 Å². The van der Waals surface area contributed by atoms with E-state index in [0.717, 1.165) is 69.3 Å². The molecule has 1 saturated carbocycles. The maximum Gasteiger partial charge on any atom is 0.257 e. The van der Waals surface area contributed by atoms with Crippen molar-refractivity contribution in [2.45, 2.75) is 83.3 Å². The second-order valence-corrected chi connectivity index (χ2v) is 11.1. The summed E-state index contributed by atoms with van der Waals surface area (Å²) >= 11 is 0. The first-order chi connectivity index (χ1) is 17.9. The predicted octanol–water partition coefficient (Wildman–Crippen LogP) is 4.18. The van der Waals surface area contributed by atoms with Crippen molar-refractivity contribution < 1.29 is 14.0 Å². The highest BCUT2D eigenvalue weighted by Crippen LogP contribution is 2.35. The topological polar surface area (TPSA) is 78.4 Å². The molecule has 3 aliphatic rings. The van der Waals surface area contributed by atoms with E-state index in [1.165, 1.54) is 12.4 Å². The van der Waals surface area contributed by atoms with Crippen molar-refractivity contribution in [3.05, 3.63) is 58.9 Å². The Hall–Kier alpha value is -2.87. The van der Waals surface area contributed by atoms with Gasteiger partial charge in [-0.2, -0.15) is 0 Å². The molecular weight excluding hydrogens is 469 g/mol. The number of rotatable bonds is 5. The molecule has 2 amide bonds. The van der Waals surface area contributed by atoms with Crippen molar-refractivity contribution in [3.63, 3.8) is 0 Å². The first-order valence-corrected chi connectivity index (χ1v) is 13.7. The van der Waals surface area contributed by atoms with E-state index in [9.17, 15) is 14.0 Å². The number of likely N-dealkylation sites (tertiary alicyclic amines) is 1.